The summed E-state index contributed by atoms with van der Waals surface area (Å²) < 4.78 is 29.0. The molecule has 0 unspecified atom stereocenters. The van der Waals surface area contributed by atoms with Gasteiger partial charge in [-0.1, -0.05) is 55.4 Å². The largest absolute Gasteiger partial charge is 0.414 e. The zero-order chi connectivity index (χ0) is 25.9. The summed E-state index contributed by atoms with van der Waals surface area (Å²) in [5.41, 5.74) is 7.49. The van der Waals surface area contributed by atoms with Crippen LogP contribution >= 0.6 is 11.6 Å². The van der Waals surface area contributed by atoms with Gasteiger partial charge in [0.05, 0.1) is 12.9 Å². The van der Waals surface area contributed by atoms with Crippen molar-refractivity contribution >= 4 is 45.7 Å². The van der Waals surface area contributed by atoms with Gasteiger partial charge in [-0.2, -0.15) is 9.97 Å². The molecule has 13 heteroatoms. The molecular formula is C22H38ClN5O5Si2. The Morgan fingerprint density at radius 3 is 2.20 bits per heavy atom. The van der Waals surface area contributed by atoms with Crippen LogP contribution in [0, 0.1) is 0 Å². The Balaban J connectivity index is 1.78. The van der Waals surface area contributed by atoms with E-state index in [-0.39, 0.29) is 39.9 Å². The van der Waals surface area contributed by atoms with E-state index in [0.717, 1.165) is 0 Å². The first-order valence-corrected chi connectivity index (χ1v) is 16.7. The van der Waals surface area contributed by atoms with Crippen LogP contribution in [-0.2, 0) is 17.7 Å². The third kappa shape index (κ3) is 4.35. The van der Waals surface area contributed by atoms with Gasteiger partial charge in [-0.05, 0) is 33.8 Å². The molecule has 35 heavy (non-hydrogen) atoms. The summed E-state index contributed by atoms with van der Waals surface area (Å²) in [6, 6.07) is 0. The van der Waals surface area contributed by atoms with E-state index in [9.17, 15) is 5.11 Å². The van der Waals surface area contributed by atoms with Crippen LogP contribution in [0.25, 0.3) is 11.2 Å². The van der Waals surface area contributed by atoms with E-state index >= 15 is 0 Å². The molecule has 0 saturated carbocycles. The van der Waals surface area contributed by atoms with E-state index < -0.39 is 41.7 Å². The topological polar surface area (TPSA) is 127 Å². The SMILES string of the molecule is CC(C)[Si]1(C(C)C)OC[C@H]2O[C@@H](n3cnc4c(N)nc(Cl)nc43)[C@@H](O)[C@@H]2O[Si](C(C)C)(C(C)C)O1. The van der Waals surface area contributed by atoms with Crippen molar-refractivity contribution in [3.8, 4) is 0 Å². The lowest BCUT2D eigenvalue weighted by molar-refractivity contribution is -0.0570. The summed E-state index contributed by atoms with van der Waals surface area (Å²) in [5, 5.41) is 11.5. The van der Waals surface area contributed by atoms with Crippen LogP contribution in [0.5, 0.6) is 0 Å². The van der Waals surface area contributed by atoms with Crippen LogP contribution in [-0.4, -0.2) is 66.7 Å². The van der Waals surface area contributed by atoms with E-state index in [4.69, 9.17) is 35.0 Å². The minimum absolute atomic E-state index is 0.000994. The molecule has 4 rings (SSSR count). The van der Waals surface area contributed by atoms with E-state index in [1.807, 2.05) is 0 Å². The van der Waals surface area contributed by atoms with Crippen LogP contribution in [0.15, 0.2) is 6.33 Å². The lowest BCUT2D eigenvalue weighted by Crippen LogP contribution is -2.65. The molecule has 2 aliphatic heterocycles. The summed E-state index contributed by atoms with van der Waals surface area (Å²) in [7, 11) is -5.60. The summed E-state index contributed by atoms with van der Waals surface area (Å²) in [6.07, 6.45) is -1.39. The minimum atomic E-state index is -2.89. The lowest BCUT2D eigenvalue weighted by atomic mass is 10.1. The molecule has 0 radical (unpaired) electrons. The molecule has 0 aliphatic carbocycles. The van der Waals surface area contributed by atoms with E-state index in [2.05, 4.69) is 70.3 Å². The monoisotopic (exact) mass is 543 g/mol. The second-order valence-electron chi connectivity index (χ2n) is 10.8. The molecule has 0 aromatic carbocycles. The molecule has 2 saturated heterocycles. The second-order valence-corrected chi connectivity index (χ2v) is 20.0. The molecule has 2 aromatic rings. The number of halogens is 1. The standard InChI is InChI=1S/C22H38ClN5O5Si2/c1-11(2)34(12(3)4)30-9-15-18(32-35(33-34,13(5)6)14(7)8)17(29)21(31-15)28-10-25-16-19(24)26-22(23)27-20(16)28/h10-15,17-18,21,29H,9H2,1-8H3,(H2,24,26,27)/t15-,17+,18-,21-/m1/s1. The highest BCUT2D eigenvalue weighted by atomic mass is 35.5. The number of anilines is 1. The van der Waals surface area contributed by atoms with Gasteiger partial charge in [0.2, 0.25) is 5.28 Å². The fourth-order valence-electron chi connectivity index (χ4n) is 5.46. The number of fused-ring (bicyclic) bond motifs is 2. The third-order valence-corrected chi connectivity index (χ3v) is 17.8. The van der Waals surface area contributed by atoms with E-state index in [1.54, 1.807) is 4.57 Å². The molecule has 2 aromatic heterocycles. The molecular weight excluding hydrogens is 506 g/mol. The number of imidazole rings is 1. The van der Waals surface area contributed by atoms with Crippen molar-refractivity contribution in [3.05, 3.63) is 11.6 Å². The van der Waals surface area contributed by atoms with Crippen molar-refractivity contribution in [1.82, 2.24) is 19.5 Å². The number of hydrogen-bond acceptors (Lipinski definition) is 9. The first kappa shape index (κ1) is 26.9. The van der Waals surface area contributed by atoms with Crippen LogP contribution in [0.3, 0.4) is 0 Å². The van der Waals surface area contributed by atoms with Gasteiger partial charge in [-0.25, -0.2) is 4.98 Å². The molecule has 0 spiro atoms. The van der Waals surface area contributed by atoms with Gasteiger partial charge in [0.25, 0.3) is 0 Å². The molecule has 2 aliphatic rings. The first-order valence-electron chi connectivity index (χ1n) is 12.3. The van der Waals surface area contributed by atoms with Crippen LogP contribution in [0.1, 0.15) is 61.6 Å². The molecule has 10 nitrogen and oxygen atoms in total. The van der Waals surface area contributed by atoms with Crippen molar-refractivity contribution in [3.63, 3.8) is 0 Å². The number of hydrogen-bond donors (Lipinski definition) is 2. The van der Waals surface area contributed by atoms with Crippen LogP contribution in [0.4, 0.5) is 5.82 Å². The Morgan fingerprint density at radius 1 is 1.03 bits per heavy atom. The van der Waals surface area contributed by atoms with Crippen molar-refractivity contribution in [1.29, 1.82) is 0 Å². The summed E-state index contributed by atoms with van der Waals surface area (Å²) >= 11 is 6.06. The van der Waals surface area contributed by atoms with Gasteiger partial charge in [-0.15, -0.1) is 0 Å². The number of aliphatic hydroxyl groups excluding tert-OH is 1. The maximum Gasteiger partial charge on any atom is 0.335 e. The fraction of sp³-hybridized carbons (Fsp3) is 0.773. The molecule has 4 atom stereocenters. The van der Waals surface area contributed by atoms with Gasteiger partial charge in [0, 0.05) is 0 Å². The zero-order valence-electron chi connectivity index (χ0n) is 21.7. The molecule has 3 N–H and O–H groups in total. The van der Waals surface area contributed by atoms with Crippen LogP contribution in [0.2, 0.25) is 27.4 Å². The summed E-state index contributed by atoms with van der Waals surface area (Å²) in [4.78, 5) is 12.6. The third-order valence-electron chi connectivity index (χ3n) is 7.34. The normalized spacial score (nSPS) is 28.7. The number of rotatable bonds is 5. The lowest BCUT2D eigenvalue weighted by Gasteiger charge is -2.51. The highest BCUT2D eigenvalue weighted by Gasteiger charge is 2.61. The average molecular weight is 544 g/mol. The fourth-order valence-corrected chi connectivity index (χ4v) is 16.8. The highest BCUT2D eigenvalue weighted by molar-refractivity contribution is 6.84. The maximum atomic E-state index is 11.5. The Bertz CT molecular complexity index is 1050. The predicted molar refractivity (Wildman–Crippen MR) is 138 cm³/mol. The Hall–Kier alpha value is -1.13. The van der Waals surface area contributed by atoms with E-state index in [0.29, 0.717) is 11.2 Å². The Labute approximate surface area is 214 Å². The number of nitrogens with two attached hydrogens (primary N) is 1. The molecule has 0 bridgehead atoms. The Morgan fingerprint density at radius 2 is 1.63 bits per heavy atom. The maximum absolute atomic E-state index is 11.5. The smallest absolute Gasteiger partial charge is 0.335 e. The number of aliphatic hydroxyl groups is 1. The van der Waals surface area contributed by atoms with Gasteiger partial charge in [-0.3, -0.25) is 4.57 Å². The van der Waals surface area contributed by atoms with Crippen molar-refractivity contribution < 1.29 is 22.8 Å². The molecule has 0 amide bonds. The van der Waals surface area contributed by atoms with Gasteiger partial charge in [0.15, 0.2) is 17.7 Å². The van der Waals surface area contributed by atoms with E-state index in [1.165, 1.54) is 6.33 Å². The summed E-state index contributed by atoms with van der Waals surface area (Å²) in [5.74, 6) is 0.168. The molecule has 4 heterocycles. The minimum Gasteiger partial charge on any atom is -0.414 e. The average Bonchev–Trinajstić information content (AvgIpc) is 3.28. The van der Waals surface area contributed by atoms with Gasteiger partial charge >= 0.3 is 17.1 Å². The number of nitrogens with zero attached hydrogens (tertiary/aromatic N) is 4. The Kier molecular flexibility index (Phi) is 7.41. The summed E-state index contributed by atoms with van der Waals surface area (Å²) in [6.45, 7) is 17.5. The number of aromatic nitrogens is 4. The van der Waals surface area contributed by atoms with Crippen molar-refractivity contribution in [2.24, 2.45) is 0 Å². The van der Waals surface area contributed by atoms with Gasteiger partial charge < -0.3 is 28.5 Å². The first-order chi connectivity index (χ1) is 16.3. The number of ether oxygens (including phenoxy) is 1. The molecule has 196 valence electrons. The van der Waals surface area contributed by atoms with Gasteiger partial charge in [0.1, 0.15) is 23.8 Å². The zero-order valence-corrected chi connectivity index (χ0v) is 24.5. The van der Waals surface area contributed by atoms with Crippen molar-refractivity contribution in [2.75, 3.05) is 12.3 Å². The van der Waals surface area contributed by atoms with Crippen molar-refractivity contribution in [2.45, 2.75) is 102 Å². The quantitative estimate of drug-likeness (QED) is 0.419. The number of nitrogen functional groups attached to an aromatic ring is 1. The highest BCUT2D eigenvalue weighted by Crippen LogP contribution is 2.48. The predicted octanol–water partition coefficient (Wildman–Crippen LogP) is 4.28. The van der Waals surface area contributed by atoms with Crippen LogP contribution < -0.4 is 5.73 Å². The molecule has 2 fully saturated rings. The second kappa shape index (κ2) is 9.64.